The normalized spacial score (nSPS) is 10.6. The van der Waals surface area contributed by atoms with Gasteiger partial charge in [0.05, 0.1) is 12.0 Å². The van der Waals surface area contributed by atoms with E-state index in [1.807, 2.05) is 0 Å². The summed E-state index contributed by atoms with van der Waals surface area (Å²) in [4.78, 5) is 23.6. The maximum Gasteiger partial charge on any atom is 0.278 e. The Morgan fingerprint density at radius 1 is 1.42 bits per heavy atom. The first kappa shape index (κ1) is 13.2. The molecule has 0 fully saturated rings. The van der Waals surface area contributed by atoms with Crippen LogP contribution in [0.1, 0.15) is 0 Å². The number of benzene rings is 1. The number of fused-ring (bicyclic) bond motifs is 1. The quantitative estimate of drug-likeness (QED) is 0.738. The molecule has 100 valence electrons. The van der Waals surface area contributed by atoms with Crippen molar-refractivity contribution in [3.8, 4) is 0 Å². The first-order valence-electron chi connectivity index (χ1n) is 5.80. The van der Waals surface area contributed by atoms with Crippen molar-refractivity contribution in [2.75, 3.05) is 20.3 Å². The fourth-order valence-corrected chi connectivity index (χ4v) is 1.61. The van der Waals surface area contributed by atoms with Crippen LogP contribution in [0.4, 0.5) is 0 Å². The van der Waals surface area contributed by atoms with Crippen molar-refractivity contribution < 1.29 is 9.53 Å². The summed E-state index contributed by atoms with van der Waals surface area (Å²) in [7, 11) is 1.55. The molecule has 2 rings (SSSR count). The summed E-state index contributed by atoms with van der Waals surface area (Å²) in [5, 5.41) is 10.7. The van der Waals surface area contributed by atoms with Crippen LogP contribution in [0.5, 0.6) is 0 Å². The van der Waals surface area contributed by atoms with Gasteiger partial charge in [0.25, 0.3) is 5.56 Å². The molecule has 7 nitrogen and oxygen atoms in total. The summed E-state index contributed by atoms with van der Waals surface area (Å²) < 4.78 is 5.86. The summed E-state index contributed by atoms with van der Waals surface area (Å²) in [5.74, 6) is -0.302. The molecule has 0 saturated heterocycles. The van der Waals surface area contributed by atoms with Crippen LogP contribution in [-0.2, 0) is 16.1 Å². The third kappa shape index (κ3) is 3.14. The van der Waals surface area contributed by atoms with E-state index in [1.165, 1.54) is 0 Å². The van der Waals surface area contributed by atoms with E-state index in [1.54, 1.807) is 31.4 Å². The third-order valence-corrected chi connectivity index (χ3v) is 2.55. The van der Waals surface area contributed by atoms with Gasteiger partial charge in [-0.1, -0.05) is 17.3 Å². The van der Waals surface area contributed by atoms with Crippen LogP contribution in [0, 0.1) is 0 Å². The van der Waals surface area contributed by atoms with Crippen LogP contribution in [0.3, 0.4) is 0 Å². The second-order valence-corrected chi connectivity index (χ2v) is 3.91. The van der Waals surface area contributed by atoms with Crippen LogP contribution in [-0.4, -0.2) is 41.2 Å². The van der Waals surface area contributed by atoms with Crippen LogP contribution >= 0.6 is 0 Å². The van der Waals surface area contributed by atoms with Crippen LogP contribution < -0.4 is 10.9 Å². The van der Waals surface area contributed by atoms with Crippen molar-refractivity contribution in [2.45, 2.75) is 6.54 Å². The van der Waals surface area contributed by atoms with Gasteiger partial charge in [0.2, 0.25) is 5.91 Å². The lowest BCUT2D eigenvalue weighted by Crippen LogP contribution is -2.35. The van der Waals surface area contributed by atoms with Crippen LogP contribution in [0.2, 0.25) is 0 Å². The summed E-state index contributed by atoms with van der Waals surface area (Å²) in [5.41, 5.74) is 0.191. The van der Waals surface area contributed by atoms with Gasteiger partial charge < -0.3 is 10.1 Å². The minimum absolute atomic E-state index is 0.152. The number of methoxy groups -OCH3 is 1. The Kier molecular flexibility index (Phi) is 4.19. The van der Waals surface area contributed by atoms with Crippen molar-refractivity contribution in [2.24, 2.45) is 0 Å². The van der Waals surface area contributed by atoms with Crippen LogP contribution in [0.25, 0.3) is 10.9 Å². The molecule has 0 unspecified atom stereocenters. The van der Waals surface area contributed by atoms with Crippen LogP contribution in [0.15, 0.2) is 29.1 Å². The van der Waals surface area contributed by atoms with E-state index in [2.05, 4.69) is 15.6 Å². The van der Waals surface area contributed by atoms with Gasteiger partial charge in [0, 0.05) is 13.7 Å². The van der Waals surface area contributed by atoms with E-state index in [0.29, 0.717) is 24.1 Å². The highest BCUT2D eigenvalue weighted by Crippen LogP contribution is 2.02. The molecule has 0 atom stereocenters. The van der Waals surface area contributed by atoms with Gasteiger partial charge in [-0.3, -0.25) is 9.59 Å². The molecule has 1 aromatic carbocycles. The van der Waals surface area contributed by atoms with E-state index in [4.69, 9.17) is 4.74 Å². The first-order valence-corrected chi connectivity index (χ1v) is 5.80. The SMILES string of the molecule is COCCNC(=O)Cn1nnc2ccccc2c1=O. The molecule has 0 radical (unpaired) electrons. The molecule has 1 heterocycles. The zero-order valence-corrected chi connectivity index (χ0v) is 10.5. The molecular formula is C12H14N4O3. The largest absolute Gasteiger partial charge is 0.383 e. The second-order valence-electron chi connectivity index (χ2n) is 3.91. The maximum absolute atomic E-state index is 12.0. The Bertz CT molecular complexity index is 638. The molecule has 19 heavy (non-hydrogen) atoms. The minimum atomic E-state index is -0.326. The van der Waals surface area contributed by atoms with Gasteiger partial charge >= 0.3 is 0 Å². The fourth-order valence-electron chi connectivity index (χ4n) is 1.61. The number of rotatable bonds is 5. The number of ether oxygens (including phenoxy) is 1. The smallest absolute Gasteiger partial charge is 0.278 e. The molecule has 7 heteroatoms. The van der Waals surface area contributed by atoms with Crippen molar-refractivity contribution in [3.05, 3.63) is 34.6 Å². The van der Waals surface area contributed by atoms with Crippen molar-refractivity contribution >= 4 is 16.8 Å². The monoisotopic (exact) mass is 262 g/mol. The molecule has 0 aliphatic rings. The zero-order valence-electron chi connectivity index (χ0n) is 10.5. The van der Waals surface area contributed by atoms with Gasteiger partial charge in [0.15, 0.2) is 0 Å². The van der Waals surface area contributed by atoms with Crippen molar-refractivity contribution in [1.82, 2.24) is 20.3 Å². The number of amides is 1. The molecule has 0 saturated carbocycles. The first-order chi connectivity index (χ1) is 9.22. The molecule has 0 aliphatic carbocycles. The highest BCUT2D eigenvalue weighted by atomic mass is 16.5. The highest BCUT2D eigenvalue weighted by Gasteiger charge is 2.08. The number of carbonyl (C=O) groups is 1. The van der Waals surface area contributed by atoms with E-state index in [-0.39, 0.29) is 18.0 Å². The molecule has 1 aromatic heterocycles. The Morgan fingerprint density at radius 2 is 2.21 bits per heavy atom. The van der Waals surface area contributed by atoms with Gasteiger partial charge in [-0.15, -0.1) is 5.10 Å². The lowest BCUT2D eigenvalue weighted by Gasteiger charge is -2.06. The highest BCUT2D eigenvalue weighted by molar-refractivity contribution is 5.78. The van der Waals surface area contributed by atoms with Crippen molar-refractivity contribution in [1.29, 1.82) is 0 Å². The topological polar surface area (TPSA) is 86.1 Å². The van der Waals surface area contributed by atoms with E-state index in [0.717, 1.165) is 4.68 Å². The van der Waals surface area contributed by atoms with E-state index in [9.17, 15) is 9.59 Å². The Labute approximate surface area is 109 Å². The number of nitrogens with zero attached hydrogens (tertiary/aromatic N) is 3. The van der Waals surface area contributed by atoms with Gasteiger partial charge in [0.1, 0.15) is 12.1 Å². The predicted molar refractivity (Wildman–Crippen MR) is 68.7 cm³/mol. The Morgan fingerprint density at radius 3 is 3.00 bits per heavy atom. The predicted octanol–water partition coefficient (Wildman–Crippen LogP) is -0.446. The average Bonchev–Trinajstić information content (AvgIpc) is 2.43. The average molecular weight is 262 g/mol. The van der Waals surface area contributed by atoms with Gasteiger partial charge in [-0.2, -0.15) is 0 Å². The number of aromatic nitrogens is 3. The number of hydrogen-bond donors (Lipinski definition) is 1. The standard InChI is InChI=1S/C12H14N4O3/c1-19-7-6-13-11(17)8-16-12(18)9-4-2-3-5-10(9)14-15-16/h2-5H,6-8H2,1H3,(H,13,17). The zero-order chi connectivity index (χ0) is 13.7. The maximum atomic E-state index is 12.0. The molecule has 1 N–H and O–H groups in total. The number of hydrogen-bond acceptors (Lipinski definition) is 5. The van der Waals surface area contributed by atoms with Gasteiger partial charge in [-0.25, -0.2) is 4.68 Å². The van der Waals surface area contributed by atoms with E-state index < -0.39 is 0 Å². The summed E-state index contributed by atoms with van der Waals surface area (Å²) >= 11 is 0. The lowest BCUT2D eigenvalue weighted by molar-refractivity contribution is -0.122. The van der Waals surface area contributed by atoms with E-state index >= 15 is 0 Å². The number of nitrogens with one attached hydrogen (secondary N) is 1. The van der Waals surface area contributed by atoms with Gasteiger partial charge in [-0.05, 0) is 12.1 Å². The third-order valence-electron chi connectivity index (χ3n) is 2.55. The molecule has 2 aromatic rings. The molecule has 0 spiro atoms. The Balaban J connectivity index is 2.15. The molecule has 0 bridgehead atoms. The summed E-state index contributed by atoms with van der Waals surface area (Å²) in [6, 6.07) is 6.88. The fraction of sp³-hybridized carbons (Fsp3) is 0.333. The minimum Gasteiger partial charge on any atom is -0.383 e. The van der Waals surface area contributed by atoms with Crippen molar-refractivity contribution in [3.63, 3.8) is 0 Å². The summed E-state index contributed by atoms with van der Waals surface area (Å²) in [6.07, 6.45) is 0. The lowest BCUT2D eigenvalue weighted by atomic mass is 10.2. The molecule has 0 aliphatic heterocycles. The molecular weight excluding hydrogens is 248 g/mol. The summed E-state index contributed by atoms with van der Waals surface area (Å²) in [6.45, 7) is 0.662. The Hall–Kier alpha value is -2.28. The second kappa shape index (κ2) is 6.05. The molecule has 1 amide bonds. The number of carbonyl (C=O) groups excluding carboxylic acids is 1.